The van der Waals surface area contributed by atoms with Gasteiger partial charge in [-0.25, -0.2) is 4.98 Å². The number of nitrogens with zero attached hydrogens (tertiary/aromatic N) is 2. The molecule has 1 N–H and O–H groups in total. The Balaban J connectivity index is 2.23. The number of carbonyl (C=O) groups is 1. The van der Waals surface area contributed by atoms with Gasteiger partial charge in [0, 0.05) is 36.9 Å². The second-order valence-corrected chi connectivity index (χ2v) is 5.08. The van der Waals surface area contributed by atoms with Crippen LogP contribution in [0.25, 0.3) is 11.0 Å². The highest BCUT2D eigenvalue weighted by Crippen LogP contribution is 2.19. The fourth-order valence-corrected chi connectivity index (χ4v) is 2.13. The van der Waals surface area contributed by atoms with Crippen molar-refractivity contribution in [1.82, 2.24) is 14.9 Å². The number of hydrogen-bond acceptors (Lipinski definition) is 4. The molecule has 108 valence electrons. The molecular weight excluding hydrogens is 254 g/mol. The van der Waals surface area contributed by atoms with Crippen LogP contribution in [0.1, 0.15) is 25.8 Å². The number of aromatic nitrogens is 2. The third-order valence-electron chi connectivity index (χ3n) is 3.20. The Morgan fingerprint density at radius 3 is 3.00 bits per heavy atom. The summed E-state index contributed by atoms with van der Waals surface area (Å²) in [5.41, 5.74) is 2.11. The van der Waals surface area contributed by atoms with E-state index >= 15 is 0 Å². The lowest BCUT2D eigenvalue weighted by atomic mass is 10.2. The molecule has 0 unspecified atom stereocenters. The average Bonchev–Trinajstić information content (AvgIpc) is 2.81. The van der Waals surface area contributed by atoms with Gasteiger partial charge in [-0.3, -0.25) is 4.79 Å². The third kappa shape index (κ3) is 3.36. The van der Waals surface area contributed by atoms with Crippen LogP contribution in [0.2, 0.25) is 0 Å². The number of carbonyl (C=O) groups excluding carboxylic acids is 1. The predicted molar refractivity (Wildman–Crippen MR) is 78.3 cm³/mol. The van der Waals surface area contributed by atoms with Crippen molar-refractivity contribution in [3.63, 3.8) is 0 Å². The van der Waals surface area contributed by atoms with Gasteiger partial charge in [-0.15, -0.1) is 0 Å². The van der Waals surface area contributed by atoms with Crippen LogP contribution in [-0.2, 0) is 22.6 Å². The minimum Gasteiger partial charge on any atom is -0.469 e. The molecule has 5 nitrogen and oxygen atoms in total. The van der Waals surface area contributed by atoms with Gasteiger partial charge < -0.3 is 14.6 Å². The van der Waals surface area contributed by atoms with Crippen molar-refractivity contribution in [2.24, 2.45) is 0 Å². The number of aryl methyl sites for hydroxylation is 1. The highest BCUT2D eigenvalue weighted by Gasteiger charge is 2.10. The first-order valence-corrected chi connectivity index (χ1v) is 6.84. The van der Waals surface area contributed by atoms with Gasteiger partial charge in [0.1, 0.15) is 5.65 Å². The second kappa shape index (κ2) is 6.52. The van der Waals surface area contributed by atoms with Crippen molar-refractivity contribution in [2.45, 2.75) is 39.4 Å². The fourth-order valence-electron chi connectivity index (χ4n) is 2.13. The van der Waals surface area contributed by atoms with Gasteiger partial charge in [-0.2, -0.15) is 0 Å². The Hall–Kier alpha value is -1.88. The lowest BCUT2D eigenvalue weighted by molar-refractivity contribution is -0.140. The molecule has 0 saturated carbocycles. The molecule has 0 spiro atoms. The molecule has 0 aliphatic heterocycles. The summed E-state index contributed by atoms with van der Waals surface area (Å²) in [6.45, 7) is 5.62. The largest absolute Gasteiger partial charge is 0.469 e. The van der Waals surface area contributed by atoms with E-state index in [2.05, 4.69) is 41.1 Å². The fraction of sp³-hybridized carbons (Fsp3) is 0.467. The van der Waals surface area contributed by atoms with Crippen LogP contribution in [0.3, 0.4) is 0 Å². The van der Waals surface area contributed by atoms with Gasteiger partial charge in [0.25, 0.3) is 0 Å². The van der Waals surface area contributed by atoms with Crippen LogP contribution in [-0.4, -0.2) is 28.7 Å². The monoisotopic (exact) mass is 275 g/mol. The maximum atomic E-state index is 11.3. The highest BCUT2D eigenvalue weighted by atomic mass is 16.5. The zero-order valence-corrected chi connectivity index (χ0v) is 12.2. The Morgan fingerprint density at radius 1 is 1.50 bits per heavy atom. The SMILES string of the molecule is COC(=O)CCn1cc(CNC(C)C)c2cccnc21. The first-order chi connectivity index (χ1) is 9.61. The predicted octanol–water partition coefficient (Wildman–Crippen LogP) is 2.10. The molecule has 0 amide bonds. The minimum atomic E-state index is -0.204. The molecule has 2 heterocycles. The summed E-state index contributed by atoms with van der Waals surface area (Å²) in [6.07, 6.45) is 4.19. The Morgan fingerprint density at radius 2 is 2.30 bits per heavy atom. The quantitative estimate of drug-likeness (QED) is 0.820. The van der Waals surface area contributed by atoms with Crippen LogP contribution in [0.4, 0.5) is 0 Å². The van der Waals surface area contributed by atoms with E-state index in [4.69, 9.17) is 0 Å². The number of methoxy groups -OCH3 is 1. The lowest BCUT2D eigenvalue weighted by Crippen LogP contribution is -2.21. The van der Waals surface area contributed by atoms with Crippen molar-refractivity contribution in [1.29, 1.82) is 0 Å². The van der Waals surface area contributed by atoms with E-state index in [1.165, 1.54) is 12.7 Å². The van der Waals surface area contributed by atoms with Crippen LogP contribution in [0, 0.1) is 0 Å². The van der Waals surface area contributed by atoms with Crippen molar-refractivity contribution in [3.8, 4) is 0 Å². The molecular formula is C15H21N3O2. The molecule has 2 rings (SSSR count). The number of esters is 1. The summed E-state index contributed by atoms with van der Waals surface area (Å²) in [4.78, 5) is 15.7. The molecule has 0 atom stereocenters. The molecule has 0 fully saturated rings. The van der Waals surface area contributed by atoms with E-state index < -0.39 is 0 Å². The van der Waals surface area contributed by atoms with Crippen molar-refractivity contribution >= 4 is 17.0 Å². The smallest absolute Gasteiger partial charge is 0.307 e. The first-order valence-electron chi connectivity index (χ1n) is 6.84. The number of rotatable bonds is 6. The van der Waals surface area contributed by atoms with Gasteiger partial charge in [0.15, 0.2) is 0 Å². The van der Waals surface area contributed by atoms with E-state index in [9.17, 15) is 4.79 Å². The molecule has 2 aromatic rings. The normalized spacial score (nSPS) is 11.2. The molecule has 0 aliphatic rings. The topological polar surface area (TPSA) is 56.1 Å². The van der Waals surface area contributed by atoms with Gasteiger partial charge >= 0.3 is 5.97 Å². The van der Waals surface area contributed by atoms with Crippen LogP contribution in [0.5, 0.6) is 0 Å². The van der Waals surface area contributed by atoms with E-state index in [0.29, 0.717) is 19.0 Å². The number of pyridine rings is 1. The summed E-state index contributed by atoms with van der Waals surface area (Å²) in [7, 11) is 1.41. The molecule has 0 aliphatic carbocycles. The summed E-state index contributed by atoms with van der Waals surface area (Å²) in [5.74, 6) is -0.204. The van der Waals surface area contributed by atoms with Crippen molar-refractivity contribution in [3.05, 3.63) is 30.1 Å². The maximum absolute atomic E-state index is 11.3. The Kier molecular flexibility index (Phi) is 4.74. The zero-order valence-electron chi connectivity index (χ0n) is 12.2. The van der Waals surface area contributed by atoms with Gasteiger partial charge in [0.05, 0.1) is 13.5 Å². The third-order valence-corrected chi connectivity index (χ3v) is 3.20. The van der Waals surface area contributed by atoms with Crippen LogP contribution < -0.4 is 5.32 Å². The Labute approximate surface area is 118 Å². The maximum Gasteiger partial charge on any atom is 0.307 e. The summed E-state index contributed by atoms with van der Waals surface area (Å²) < 4.78 is 6.70. The summed E-state index contributed by atoms with van der Waals surface area (Å²) in [6, 6.07) is 4.43. The van der Waals surface area contributed by atoms with Crippen LogP contribution in [0.15, 0.2) is 24.5 Å². The van der Waals surface area contributed by atoms with E-state index in [0.717, 1.165) is 17.6 Å². The standard InChI is InChI=1S/C15H21N3O2/c1-11(2)17-9-12-10-18(8-6-14(19)20-3)15-13(12)5-4-7-16-15/h4-5,7,10-11,17H,6,8-9H2,1-3H3. The Bertz CT molecular complexity index is 590. The average molecular weight is 275 g/mol. The highest BCUT2D eigenvalue weighted by molar-refractivity contribution is 5.80. The number of hydrogen-bond donors (Lipinski definition) is 1. The summed E-state index contributed by atoms with van der Waals surface area (Å²) >= 11 is 0. The van der Waals surface area contributed by atoms with Gasteiger partial charge in [-0.05, 0) is 17.7 Å². The van der Waals surface area contributed by atoms with E-state index in [1.807, 2.05) is 10.6 Å². The summed E-state index contributed by atoms with van der Waals surface area (Å²) in [5, 5.41) is 4.54. The number of fused-ring (bicyclic) bond motifs is 1. The molecule has 5 heteroatoms. The van der Waals surface area contributed by atoms with Gasteiger partial charge in [-0.1, -0.05) is 13.8 Å². The van der Waals surface area contributed by atoms with E-state index in [-0.39, 0.29) is 5.97 Å². The van der Waals surface area contributed by atoms with Crippen molar-refractivity contribution < 1.29 is 9.53 Å². The van der Waals surface area contributed by atoms with Crippen LogP contribution >= 0.6 is 0 Å². The minimum absolute atomic E-state index is 0.204. The lowest BCUT2D eigenvalue weighted by Gasteiger charge is -2.06. The zero-order chi connectivity index (χ0) is 14.5. The number of ether oxygens (including phenoxy) is 1. The van der Waals surface area contributed by atoms with Crippen molar-refractivity contribution in [2.75, 3.05) is 7.11 Å². The van der Waals surface area contributed by atoms with E-state index in [1.54, 1.807) is 6.20 Å². The molecule has 0 bridgehead atoms. The number of nitrogens with one attached hydrogen (secondary N) is 1. The second-order valence-electron chi connectivity index (χ2n) is 5.08. The molecule has 0 radical (unpaired) electrons. The molecule has 20 heavy (non-hydrogen) atoms. The molecule has 2 aromatic heterocycles. The van der Waals surface area contributed by atoms with Gasteiger partial charge in [0.2, 0.25) is 0 Å². The molecule has 0 aromatic carbocycles. The molecule has 0 saturated heterocycles. The first kappa shape index (κ1) is 14.5.